The monoisotopic (exact) mass is 412 g/mol. The zero-order valence-corrected chi connectivity index (χ0v) is 16.0. The summed E-state index contributed by atoms with van der Waals surface area (Å²) in [7, 11) is 3.71. The molecule has 1 N–H and O–H groups in total. The van der Waals surface area contributed by atoms with E-state index in [4.69, 9.17) is 4.98 Å². The molecular weight excluding hydrogens is 396 g/mol. The van der Waals surface area contributed by atoms with Crippen molar-refractivity contribution in [1.82, 2.24) is 19.7 Å². The lowest BCUT2D eigenvalue weighted by Gasteiger charge is -2.17. The summed E-state index contributed by atoms with van der Waals surface area (Å²) in [5.74, 6) is -0.0882. The summed E-state index contributed by atoms with van der Waals surface area (Å²) in [5, 5.41) is 8.13. The van der Waals surface area contributed by atoms with Gasteiger partial charge in [0.15, 0.2) is 5.65 Å². The molecule has 7 nitrogen and oxygen atoms in total. The third-order valence-corrected chi connectivity index (χ3v) is 4.87. The van der Waals surface area contributed by atoms with Crippen LogP contribution < -0.4 is 10.2 Å². The lowest BCUT2D eigenvalue weighted by molar-refractivity contribution is -0.116. The van der Waals surface area contributed by atoms with Gasteiger partial charge in [-0.05, 0) is 23.8 Å². The van der Waals surface area contributed by atoms with Crippen LogP contribution in [-0.2, 0) is 11.8 Å². The third-order valence-electron chi connectivity index (χ3n) is 4.37. The van der Waals surface area contributed by atoms with Crippen molar-refractivity contribution in [2.24, 2.45) is 7.05 Å². The predicted octanol–water partition coefficient (Wildman–Crippen LogP) is 2.83. The Morgan fingerprint density at radius 3 is 3.00 bits per heavy atom. The first-order valence-corrected chi connectivity index (χ1v) is 8.91. The molecule has 3 aromatic rings. The molecule has 1 atom stereocenters. The van der Waals surface area contributed by atoms with Crippen LogP contribution in [0.25, 0.3) is 11.0 Å². The molecule has 0 bridgehead atoms. The predicted molar refractivity (Wildman–Crippen MR) is 104 cm³/mol. The average Bonchev–Trinajstić information content (AvgIpc) is 3.12. The lowest BCUT2D eigenvalue weighted by atomic mass is 9.95. The number of amides is 1. The highest BCUT2D eigenvalue weighted by atomic mass is 79.9. The number of rotatable bonds is 4. The molecule has 0 saturated carbocycles. The van der Waals surface area contributed by atoms with Crippen LogP contribution in [0.4, 0.5) is 11.6 Å². The zero-order chi connectivity index (χ0) is 18.4. The molecule has 1 amide bonds. The molecule has 1 aliphatic rings. The molecule has 132 valence electrons. The van der Waals surface area contributed by atoms with Crippen molar-refractivity contribution in [1.29, 1.82) is 0 Å². The van der Waals surface area contributed by atoms with Gasteiger partial charge in [0.25, 0.3) is 0 Å². The highest BCUT2D eigenvalue weighted by molar-refractivity contribution is 9.10. The lowest BCUT2D eigenvalue weighted by Crippen LogP contribution is -2.22. The number of hydrogen-bond acceptors (Lipinski definition) is 5. The number of anilines is 2. The molecule has 2 aromatic heterocycles. The average molecular weight is 413 g/mol. The van der Waals surface area contributed by atoms with Crippen LogP contribution in [0.3, 0.4) is 0 Å². The van der Waals surface area contributed by atoms with Crippen molar-refractivity contribution in [2.45, 2.75) is 5.92 Å². The van der Waals surface area contributed by atoms with Crippen LogP contribution in [0, 0.1) is 0 Å². The summed E-state index contributed by atoms with van der Waals surface area (Å²) in [6.45, 7) is 4.35. The van der Waals surface area contributed by atoms with Crippen molar-refractivity contribution in [2.75, 3.05) is 23.8 Å². The van der Waals surface area contributed by atoms with E-state index in [-0.39, 0.29) is 5.91 Å². The van der Waals surface area contributed by atoms with Gasteiger partial charge in [-0.2, -0.15) is 10.1 Å². The number of nitrogens with one attached hydrogen (secondary N) is 1. The number of nitrogens with zero attached hydrogens (tertiary/aromatic N) is 5. The minimum absolute atomic E-state index is 0.0979. The van der Waals surface area contributed by atoms with Gasteiger partial charge in [-0.15, -0.1) is 6.58 Å². The summed E-state index contributed by atoms with van der Waals surface area (Å²) in [6.07, 6.45) is 3.63. The Morgan fingerprint density at radius 1 is 1.42 bits per heavy atom. The van der Waals surface area contributed by atoms with Crippen LogP contribution in [-0.4, -0.2) is 39.2 Å². The smallest absolute Gasteiger partial charge is 0.238 e. The van der Waals surface area contributed by atoms with Gasteiger partial charge >= 0.3 is 0 Å². The van der Waals surface area contributed by atoms with E-state index < -0.39 is 5.92 Å². The highest BCUT2D eigenvalue weighted by Crippen LogP contribution is 2.40. The van der Waals surface area contributed by atoms with Crippen LogP contribution in [0.2, 0.25) is 0 Å². The van der Waals surface area contributed by atoms with Crippen LogP contribution >= 0.6 is 15.9 Å². The second-order valence-corrected chi connectivity index (χ2v) is 7.19. The molecular formula is C18H17BrN6O. The standard InChI is InChI=1S/C18H17BrN6O/c1-4-7-24(2)18-21-15(12-9-25(3)23-16(12)22-18)14-11-8-10(19)5-6-13(11)20-17(14)26/h4-6,8-9,14H,1,7H2,2-3H3,(H,20,26)/t14-/m1/s1. The molecule has 3 heterocycles. The summed E-state index contributed by atoms with van der Waals surface area (Å²) in [4.78, 5) is 23.9. The Labute approximate surface area is 158 Å². The van der Waals surface area contributed by atoms with Gasteiger partial charge in [0, 0.05) is 37.0 Å². The van der Waals surface area contributed by atoms with Gasteiger partial charge in [-0.3, -0.25) is 9.48 Å². The molecule has 1 aliphatic heterocycles. The molecule has 1 aromatic carbocycles. The number of fused-ring (bicyclic) bond motifs is 2. The zero-order valence-electron chi connectivity index (χ0n) is 14.4. The Morgan fingerprint density at radius 2 is 2.23 bits per heavy atom. The van der Waals surface area contributed by atoms with Crippen molar-refractivity contribution < 1.29 is 4.79 Å². The molecule has 0 saturated heterocycles. The minimum atomic E-state index is -0.506. The van der Waals surface area contributed by atoms with E-state index in [1.54, 1.807) is 10.8 Å². The summed E-state index contributed by atoms with van der Waals surface area (Å²) >= 11 is 3.49. The van der Waals surface area contributed by atoms with Gasteiger partial charge in [-0.25, -0.2) is 4.98 Å². The van der Waals surface area contributed by atoms with Crippen molar-refractivity contribution in [3.8, 4) is 0 Å². The summed E-state index contributed by atoms with van der Waals surface area (Å²) < 4.78 is 2.60. The SMILES string of the molecule is C=CCN(C)c1nc([C@@H]2C(=O)Nc3ccc(Br)cc32)c2cn(C)nc2n1. The van der Waals surface area contributed by atoms with E-state index in [9.17, 15) is 4.79 Å². The second-order valence-electron chi connectivity index (χ2n) is 6.27. The molecule has 0 spiro atoms. The number of halogens is 1. The van der Waals surface area contributed by atoms with Crippen LogP contribution in [0.1, 0.15) is 17.2 Å². The largest absolute Gasteiger partial charge is 0.340 e. The molecule has 0 aliphatic carbocycles. The fraction of sp³-hybridized carbons (Fsp3) is 0.222. The van der Waals surface area contributed by atoms with E-state index in [0.717, 1.165) is 21.1 Å². The quantitative estimate of drug-likeness (QED) is 0.666. The first kappa shape index (κ1) is 16.7. The van der Waals surface area contributed by atoms with E-state index in [1.165, 1.54) is 0 Å². The van der Waals surface area contributed by atoms with Gasteiger partial charge in [0.2, 0.25) is 11.9 Å². The number of benzene rings is 1. The van der Waals surface area contributed by atoms with Gasteiger partial charge in [-0.1, -0.05) is 22.0 Å². The first-order chi connectivity index (χ1) is 12.5. The maximum Gasteiger partial charge on any atom is 0.238 e. The molecule has 0 fully saturated rings. The number of carbonyl (C=O) groups excluding carboxylic acids is 1. The van der Waals surface area contributed by atoms with Crippen LogP contribution in [0.5, 0.6) is 0 Å². The fourth-order valence-electron chi connectivity index (χ4n) is 3.20. The van der Waals surface area contributed by atoms with Crippen molar-refractivity contribution in [3.63, 3.8) is 0 Å². The maximum absolute atomic E-state index is 12.8. The second kappa shape index (κ2) is 6.21. The Hall–Kier alpha value is -2.74. The highest BCUT2D eigenvalue weighted by Gasteiger charge is 2.35. The van der Waals surface area contributed by atoms with E-state index in [2.05, 4.69) is 37.9 Å². The molecule has 0 radical (unpaired) electrons. The summed E-state index contributed by atoms with van der Waals surface area (Å²) in [5.41, 5.74) is 2.92. The van der Waals surface area contributed by atoms with Crippen molar-refractivity contribution >= 4 is 44.5 Å². The topological polar surface area (TPSA) is 75.9 Å². The van der Waals surface area contributed by atoms with Gasteiger partial charge in [0.1, 0.15) is 5.92 Å². The van der Waals surface area contributed by atoms with Crippen molar-refractivity contribution in [3.05, 3.63) is 52.8 Å². The Bertz CT molecular complexity index is 1040. The van der Waals surface area contributed by atoms with E-state index >= 15 is 0 Å². The molecule has 4 rings (SSSR count). The van der Waals surface area contributed by atoms with Gasteiger partial charge < -0.3 is 10.2 Å². The summed E-state index contributed by atoms with van der Waals surface area (Å²) in [6, 6.07) is 5.75. The molecule has 8 heteroatoms. The maximum atomic E-state index is 12.8. The number of carbonyl (C=O) groups is 1. The van der Waals surface area contributed by atoms with E-state index in [1.807, 2.05) is 43.4 Å². The van der Waals surface area contributed by atoms with Crippen LogP contribution in [0.15, 0.2) is 41.5 Å². The Kier molecular flexibility index (Phi) is 3.99. The van der Waals surface area contributed by atoms with E-state index in [0.29, 0.717) is 23.8 Å². The first-order valence-electron chi connectivity index (χ1n) is 8.11. The Balaban J connectivity index is 1.95. The molecule has 0 unspecified atom stereocenters. The van der Waals surface area contributed by atoms with Gasteiger partial charge in [0.05, 0.1) is 11.1 Å². The number of aryl methyl sites for hydroxylation is 1. The number of aromatic nitrogens is 4. The molecule has 26 heavy (non-hydrogen) atoms. The fourth-order valence-corrected chi connectivity index (χ4v) is 3.58. The number of hydrogen-bond donors (Lipinski definition) is 1. The number of likely N-dealkylation sites (N-methyl/N-ethyl adjacent to an activating group) is 1. The third kappa shape index (κ3) is 2.66. The normalized spacial score (nSPS) is 15.8. The minimum Gasteiger partial charge on any atom is -0.340 e.